The van der Waals surface area contributed by atoms with Crippen molar-refractivity contribution >= 4 is 5.91 Å². The van der Waals surface area contributed by atoms with Gasteiger partial charge in [-0.3, -0.25) is 4.79 Å². The molecule has 4 heteroatoms. The SMILES string of the molecule is CC(CC(N)=O)N[C@@H](CO)c1ccccc1. The van der Waals surface area contributed by atoms with Crippen LogP contribution < -0.4 is 11.1 Å². The number of rotatable bonds is 6. The standard InChI is InChI=1S/C12H18N2O2/c1-9(7-12(13)16)14-11(8-15)10-5-3-2-4-6-10/h2-6,9,11,14-15H,7-8H2,1H3,(H2,13,16)/t9?,11-/m0/s1. The van der Waals surface area contributed by atoms with E-state index in [9.17, 15) is 9.90 Å². The summed E-state index contributed by atoms with van der Waals surface area (Å²) in [5, 5.41) is 12.4. The summed E-state index contributed by atoms with van der Waals surface area (Å²) in [7, 11) is 0. The van der Waals surface area contributed by atoms with Gasteiger partial charge >= 0.3 is 0 Å². The average molecular weight is 222 g/mol. The maximum Gasteiger partial charge on any atom is 0.218 e. The topological polar surface area (TPSA) is 75.4 Å². The van der Waals surface area contributed by atoms with Gasteiger partial charge in [0, 0.05) is 12.5 Å². The van der Waals surface area contributed by atoms with Crippen LogP contribution in [0.1, 0.15) is 24.9 Å². The van der Waals surface area contributed by atoms with Crippen molar-refractivity contribution in [3.8, 4) is 0 Å². The van der Waals surface area contributed by atoms with Crippen molar-refractivity contribution in [2.75, 3.05) is 6.61 Å². The van der Waals surface area contributed by atoms with Gasteiger partial charge in [-0.2, -0.15) is 0 Å². The van der Waals surface area contributed by atoms with Crippen LogP contribution in [-0.4, -0.2) is 23.7 Å². The minimum atomic E-state index is -0.343. The van der Waals surface area contributed by atoms with Crippen LogP contribution in [0.25, 0.3) is 0 Å². The van der Waals surface area contributed by atoms with E-state index in [2.05, 4.69) is 5.32 Å². The van der Waals surface area contributed by atoms with Gasteiger partial charge in [0.15, 0.2) is 0 Å². The van der Waals surface area contributed by atoms with E-state index in [-0.39, 0.29) is 31.0 Å². The third-order valence-electron chi connectivity index (χ3n) is 2.38. The van der Waals surface area contributed by atoms with Crippen LogP contribution in [0.5, 0.6) is 0 Å². The van der Waals surface area contributed by atoms with Gasteiger partial charge in [-0.15, -0.1) is 0 Å². The molecular weight excluding hydrogens is 204 g/mol. The summed E-state index contributed by atoms with van der Waals surface area (Å²) in [5.41, 5.74) is 6.11. The van der Waals surface area contributed by atoms with E-state index in [1.807, 2.05) is 37.3 Å². The van der Waals surface area contributed by atoms with E-state index >= 15 is 0 Å². The molecule has 1 aromatic rings. The predicted octanol–water partition coefficient (Wildman–Crippen LogP) is 0.573. The Morgan fingerprint density at radius 1 is 1.44 bits per heavy atom. The van der Waals surface area contributed by atoms with Crippen LogP contribution in [-0.2, 0) is 4.79 Å². The lowest BCUT2D eigenvalue weighted by atomic mass is 10.1. The highest BCUT2D eigenvalue weighted by Crippen LogP contribution is 2.12. The molecule has 0 heterocycles. The van der Waals surface area contributed by atoms with Crippen molar-refractivity contribution in [3.05, 3.63) is 35.9 Å². The van der Waals surface area contributed by atoms with Gasteiger partial charge < -0.3 is 16.2 Å². The maximum atomic E-state index is 10.7. The molecule has 0 aromatic heterocycles. The molecule has 2 atom stereocenters. The van der Waals surface area contributed by atoms with E-state index in [1.165, 1.54) is 0 Å². The molecular formula is C12H18N2O2. The van der Waals surface area contributed by atoms with Gasteiger partial charge in [0.2, 0.25) is 5.91 Å². The van der Waals surface area contributed by atoms with E-state index < -0.39 is 0 Å². The Hall–Kier alpha value is -1.39. The van der Waals surface area contributed by atoms with Gasteiger partial charge in [-0.25, -0.2) is 0 Å². The number of carbonyl (C=O) groups is 1. The first kappa shape index (κ1) is 12.7. The number of amides is 1. The zero-order valence-electron chi connectivity index (χ0n) is 9.39. The number of carbonyl (C=O) groups excluding carboxylic acids is 1. The lowest BCUT2D eigenvalue weighted by molar-refractivity contribution is -0.118. The summed E-state index contributed by atoms with van der Waals surface area (Å²) in [4.78, 5) is 10.7. The van der Waals surface area contributed by atoms with E-state index in [0.717, 1.165) is 5.56 Å². The molecule has 0 aliphatic carbocycles. The smallest absolute Gasteiger partial charge is 0.218 e. The van der Waals surface area contributed by atoms with Crippen LogP contribution in [0, 0.1) is 0 Å². The van der Waals surface area contributed by atoms with Crippen molar-refractivity contribution in [1.82, 2.24) is 5.32 Å². The largest absolute Gasteiger partial charge is 0.394 e. The molecule has 88 valence electrons. The summed E-state index contributed by atoms with van der Waals surface area (Å²) in [6.07, 6.45) is 0.267. The molecule has 0 saturated carbocycles. The first-order valence-electron chi connectivity index (χ1n) is 5.33. The summed E-state index contributed by atoms with van der Waals surface area (Å²) < 4.78 is 0. The molecule has 0 fully saturated rings. The predicted molar refractivity (Wildman–Crippen MR) is 62.7 cm³/mol. The summed E-state index contributed by atoms with van der Waals surface area (Å²) in [6, 6.07) is 9.42. The van der Waals surface area contributed by atoms with E-state index in [0.29, 0.717) is 0 Å². The molecule has 0 aliphatic heterocycles. The second-order valence-electron chi connectivity index (χ2n) is 3.88. The number of aliphatic hydroxyl groups is 1. The van der Waals surface area contributed by atoms with Gasteiger partial charge in [0.1, 0.15) is 0 Å². The van der Waals surface area contributed by atoms with Gasteiger partial charge in [0.25, 0.3) is 0 Å². The molecule has 16 heavy (non-hydrogen) atoms. The second-order valence-corrected chi connectivity index (χ2v) is 3.88. The molecule has 0 bridgehead atoms. The molecule has 0 spiro atoms. The Bertz CT molecular complexity index is 327. The monoisotopic (exact) mass is 222 g/mol. The Morgan fingerprint density at radius 2 is 2.06 bits per heavy atom. The molecule has 1 unspecified atom stereocenters. The third kappa shape index (κ3) is 4.00. The summed E-state index contributed by atoms with van der Waals surface area (Å²) in [6.45, 7) is 1.86. The van der Waals surface area contributed by atoms with Crippen molar-refractivity contribution in [2.24, 2.45) is 5.73 Å². The van der Waals surface area contributed by atoms with Crippen LogP contribution >= 0.6 is 0 Å². The lowest BCUT2D eigenvalue weighted by Crippen LogP contribution is -2.35. The fourth-order valence-electron chi connectivity index (χ4n) is 1.64. The van der Waals surface area contributed by atoms with Crippen LogP contribution in [0.3, 0.4) is 0 Å². The number of aliphatic hydroxyl groups excluding tert-OH is 1. The molecule has 4 N–H and O–H groups in total. The zero-order chi connectivity index (χ0) is 12.0. The quantitative estimate of drug-likeness (QED) is 0.659. The van der Waals surface area contributed by atoms with E-state index in [1.54, 1.807) is 0 Å². The highest BCUT2D eigenvalue weighted by atomic mass is 16.3. The molecule has 0 radical (unpaired) electrons. The molecule has 1 rings (SSSR count). The minimum absolute atomic E-state index is 0.00683. The molecule has 0 aliphatic rings. The van der Waals surface area contributed by atoms with Crippen LogP contribution in [0.2, 0.25) is 0 Å². The first-order valence-corrected chi connectivity index (χ1v) is 5.33. The first-order chi connectivity index (χ1) is 7.63. The van der Waals surface area contributed by atoms with Gasteiger partial charge in [0.05, 0.1) is 12.6 Å². The Kier molecular flexibility index (Phi) is 4.95. The second kappa shape index (κ2) is 6.25. The van der Waals surface area contributed by atoms with Crippen LogP contribution in [0.4, 0.5) is 0 Å². The average Bonchev–Trinajstić information content (AvgIpc) is 2.26. The maximum absolute atomic E-state index is 10.7. The Balaban J connectivity index is 2.59. The number of nitrogens with one attached hydrogen (secondary N) is 1. The number of primary amides is 1. The van der Waals surface area contributed by atoms with Crippen molar-refractivity contribution in [2.45, 2.75) is 25.4 Å². The van der Waals surface area contributed by atoms with Gasteiger partial charge in [-0.1, -0.05) is 30.3 Å². The highest BCUT2D eigenvalue weighted by molar-refractivity contribution is 5.74. The van der Waals surface area contributed by atoms with Crippen LogP contribution in [0.15, 0.2) is 30.3 Å². The third-order valence-corrected chi connectivity index (χ3v) is 2.38. The number of nitrogens with two attached hydrogens (primary N) is 1. The molecule has 4 nitrogen and oxygen atoms in total. The summed E-state index contributed by atoms with van der Waals surface area (Å²) in [5.74, 6) is -0.343. The minimum Gasteiger partial charge on any atom is -0.394 e. The van der Waals surface area contributed by atoms with Crippen molar-refractivity contribution in [1.29, 1.82) is 0 Å². The highest BCUT2D eigenvalue weighted by Gasteiger charge is 2.14. The fraction of sp³-hybridized carbons (Fsp3) is 0.417. The van der Waals surface area contributed by atoms with Gasteiger partial charge in [-0.05, 0) is 12.5 Å². The number of hydrogen-bond donors (Lipinski definition) is 3. The molecule has 1 aromatic carbocycles. The fourth-order valence-corrected chi connectivity index (χ4v) is 1.64. The lowest BCUT2D eigenvalue weighted by Gasteiger charge is -2.21. The van der Waals surface area contributed by atoms with E-state index in [4.69, 9.17) is 5.73 Å². The van der Waals surface area contributed by atoms with Crippen molar-refractivity contribution < 1.29 is 9.90 Å². The number of hydrogen-bond acceptors (Lipinski definition) is 3. The molecule has 1 amide bonds. The Labute approximate surface area is 95.5 Å². The zero-order valence-corrected chi connectivity index (χ0v) is 9.39. The number of benzene rings is 1. The Morgan fingerprint density at radius 3 is 2.56 bits per heavy atom. The molecule has 0 saturated heterocycles. The normalized spacial score (nSPS) is 14.4. The summed E-state index contributed by atoms with van der Waals surface area (Å²) >= 11 is 0. The van der Waals surface area contributed by atoms with Crippen molar-refractivity contribution in [3.63, 3.8) is 0 Å².